The molecule has 2 aromatic heterocycles. The zero-order valence-electron chi connectivity index (χ0n) is 35.2. The van der Waals surface area contributed by atoms with Crippen molar-refractivity contribution in [2.75, 3.05) is 0 Å². The van der Waals surface area contributed by atoms with Gasteiger partial charge in [-0.2, -0.15) is 0 Å². The summed E-state index contributed by atoms with van der Waals surface area (Å²) in [6, 6.07) is 38.0. The van der Waals surface area contributed by atoms with Gasteiger partial charge < -0.3 is 9.69 Å². The van der Waals surface area contributed by atoms with Crippen LogP contribution in [0.5, 0.6) is 0 Å². The van der Waals surface area contributed by atoms with Crippen LogP contribution < -0.4 is 0 Å². The fraction of sp³-hybridized carbons (Fsp3) is 0.280. The number of unbranched alkanes of at least 4 members (excludes halogenated alkanes) is 3. The molecule has 0 spiro atoms. The molecule has 6 rings (SSSR count). The second-order valence-corrected chi connectivity index (χ2v) is 37.4. The van der Waals surface area contributed by atoms with Gasteiger partial charge in [-0.25, -0.2) is 13.1 Å². The van der Waals surface area contributed by atoms with Crippen LogP contribution in [-0.4, -0.2) is 27.0 Å². The third kappa shape index (κ3) is 16.4. The van der Waals surface area contributed by atoms with Crippen molar-refractivity contribution in [2.45, 2.75) is 99.4 Å². The van der Waals surface area contributed by atoms with Gasteiger partial charge in [-0.1, -0.05) is 88.5 Å². The summed E-state index contributed by atoms with van der Waals surface area (Å²) in [7, 11) is 2.37. The second-order valence-electron chi connectivity index (χ2n) is 14.5. The topological polar surface area (TPSA) is 34.5 Å². The van der Waals surface area contributed by atoms with Crippen LogP contribution >= 0.6 is 83.0 Å². The first-order valence-corrected chi connectivity index (χ1v) is 34.2. The van der Waals surface area contributed by atoms with Gasteiger partial charge >= 0.3 is 134 Å². The van der Waals surface area contributed by atoms with E-state index < -0.39 is 29.1 Å². The summed E-state index contributed by atoms with van der Waals surface area (Å²) in [5.74, 6) is 0. The van der Waals surface area contributed by atoms with E-state index in [4.69, 9.17) is 59.5 Å². The van der Waals surface area contributed by atoms with Crippen LogP contribution in [0.1, 0.15) is 93.9 Å². The molecule has 6 aromatic rings. The molecule has 0 aliphatic rings. The van der Waals surface area contributed by atoms with Gasteiger partial charge in [0.1, 0.15) is 11.4 Å². The second kappa shape index (κ2) is 28.3. The minimum Gasteiger partial charge on any atom is -0.301 e. The number of rotatable bonds is 17. The third-order valence-electron chi connectivity index (χ3n) is 9.89. The molecule has 4 aromatic carbocycles. The van der Waals surface area contributed by atoms with Crippen molar-refractivity contribution < 1.29 is 0 Å². The Morgan fingerprint density at radius 2 is 0.952 bits per heavy atom. The van der Waals surface area contributed by atoms with E-state index in [1.54, 1.807) is 84.8 Å². The van der Waals surface area contributed by atoms with Crippen molar-refractivity contribution in [3.63, 3.8) is 0 Å². The normalized spacial score (nSPS) is 11.8. The summed E-state index contributed by atoms with van der Waals surface area (Å²) >= 11 is 27.6. The van der Waals surface area contributed by atoms with Crippen LogP contribution in [-0.2, 0) is 0 Å². The Balaban J connectivity index is 0.000000207. The Labute approximate surface area is 409 Å². The van der Waals surface area contributed by atoms with Gasteiger partial charge in [-0.3, -0.25) is 9.97 Å². The van der Waals surface area contributed by atoms with Crippen LogP contribution in [0.15, 0.2) is 153 Å². The summed E-state index contributed by atoms with van der Waals surface area (Å²) in [6.07, 6.45) is 11.9. The SMILES string of the molecule is CCC[CH2][Sn]([CH2]CCC)([CH2]CCC)[S]c1ccccc1.[C-]#[N+]C(c1ccc(Br)cn1)c1c(Cl)cccc1Cl.[C-]#[N+]C(c1ccc(Sc2ccccc2)cn1)c1c(Cl)cccc1Cl. The van der Waals surface area contributed by atoms with Crippen molar-refractivity contribution >= 4 is 100 Å². The molecule has 0 bridgehead atoms. The maximum Gasteiger partial charge on any atom is 0.293 e. The quantitative estimate of drug-likeness (QED) is 0.0673. The molecule has 0 saturated heterocycles. The fourth-order valence-corrected chi connectivity index (χ4v) is 31.7. The molecule has 322 valence electrons. The largest absolute Gasteiger partial charge is 0.301 e. The maximum atomic E-state index is 7.52. The van der Waals surface area contributed by atoms with E-state index in [-0.39, 0.29) is 0 Å². The standard InChI is InChI=1S/C19H12Cl2N2S.C13H7BrCl2N2.C6H6S.3C4H9.Sn/c1-22-19(18-15(20)8-5-9-16(18)21)17-11-10-14(12-23-17)24-13-6-3-2-4-7-13;1-17-13(11-6-5-8(14)7-18-11)12-9(15)3-2-4-10(12)16;7-6-4-2-1-3-5-6;3*1-3-4-2;/h2-12,19H;2-7,13H;1-5,7H;3*1,3-4H2,2H3;/q;;;;;;+1/p-1. The van der Waals surface area contributed by atoms with Gasteiger partial charge in [-0.15, -0.1) is 0 Å². The summed E-state index contributed by atoms with van der Waals surface area (Å²) in [5.41, 5.74) is 2.47. The number of hydrogen-bond acceptors (Lipinski definition) is 4. The molecule has 2 unspecified atom stereocenters. The predicted molar refractivity (Wildman–Crippen MR) is 274 cm³/mol. The molecular weight excluding hydrogens is 1060 g/mol. The molecule has 0 amide bonds. The maximum absolute atomic E-state index is 7.52. The smallest absolute Gasteiger partial charge is 0.293 e. The molecule has 12 heteroatoms. The fourth-order valence-electron chi connectivity index (χ4n) is 6.65. The predicted octanol–water partition coefficient (Wildman–Crippen LogP) is 18.8. The van der Waals surface area contributed by atoms with Crippen molar-refractivity contribution in [1.82, 2.24) is 9.97 Å². The summed E-state index contributed by atoms with van der Waals surface area (Å²) < 4.78 is 5.63. The number of pyridine rings is 2. The molecule has 4 nitrogen and oxygen atoms in total. The molecule has 2 heterocycles. The van der Waals surface area contributed by atoms with E-state index >= 15 is 0 Å². The zero-order chi connectivity index (χ0) is 44.7. The van der Waals surface area contributed by atoms with Crippen molar-refractivity contribution in [3.05, 3.63) is 204 Å². The minimum absolute atomic E-state index is 0.480. The summed E-state index contributed by atoms with van der Waals surface area (Å²) in [6.45, 7) is 21.9. The van der Waals surface area contributed by atoms with E-state index in [2.05, 4.69) is 95.6 Å². The van der Waals surface area contributed by atoms with E-state index in [0.29, 0.717) is 42.6 Å². The number of nitrogens with zero attached hydrogens (tertiary/aromatic N) is 4. The first kappa shape index (κ1) is 51.9. The van der Waals surface area contributed by atoms with Gasteiger partial charge in [0.15, 0.2) is 0 Å². The summed E-state index contributed by atoms with van der Waals surface area (Å²) in [4.78, 5) is 19.6. The van der Waals surface area contributed by atoms with E-state index in [9.17, 15) is 0 Å². The van der Waals surface area contributed by atoms with Gasteiger partial charge in [0.05, 0.1) is 31.2 Å². The van der Waals surface area contributed by atoms with Crippen LogP contribution in [0.25, 0.3) is 9.69 Å². The number of benzene rings is 4. The molecule has 2 atom stereocenters. The number of hydrogen-bond donors (Lipinski definition) is 0. The Kier molecular flexibility index (Phi) is 23.7. The average molecular weight is 1110 g/mol. The monoisotopic (exact) mass is 1110 g/mol. The Bertz CT molecular complexity index is 2270. The van der Waals surface area contributed by atoms with Gasteiger partial charge in [-0.05, 0) is 76.6 Å². The molecule has 62 heavy (non-hydrogen) atoms. The average Bonchev–Trinajstić information content (AvgIpc) is 3.29. The molecular formula is C50H51BrCl4N4S2Sn. The Morgan fingerprint density at radius 1 is 0.532 bits per heavy atom. The van der Waals surface area contributed by atoms with Crippen molar-refractivity contribution in [1.29, 1.82) is 0 Å². The third-order valence-corrected chi connectivity index (χ3v) is 34.3. The van der Waals surface area contributed by atoms with Crippen LogP contribution in [0.3, 0.4) is 0 Å². The minimum atomic E-state index is -2.03. The zero-order valence-corrected chi connectivity index (χ0v) is 44.3. The first-order chi connectivity index (χ1) is 30.1. The molecule has 0 saturated carbocycles. The Morgan fingerprint density at radius 3 is 1.32 bits per heavy atom. The van der Waals surface area contributed by atoms with Gasteiger partial charge in [0, 0.05) is 26.7 Å². The van der Waals surface area contributed by atoms with Crippen molar-refractivity contribution in [3.8, 4) is 0 Å². The van der Waals surface area contributed by atoms with Crippen LogP contribution in [0, 0.1) is 13.1 Å². The van der Waals surface area contributed by atoms with Gasteiger partial charge in [0.25, 0.3) is 12.1 Å². The van der Waals surface area contributed by atoms with E-state index in [1.165, 1.54) is 38.5 Å². The van der Waals surface area contributed by atoms with Crippen molar-refractivity contribution in [2.24, 2.45) is 0 Å². The summed E-state index contributed by atoms with van der Waals surface area (Å²) in [5, 5.41) is 1.92. The van der Waals surface area contributed by atoms with Gasteiger partial charge in [0.2, 0.25) is 0 Å². The van der Waals surface area contributed by atoms with E-state index in [1.807, 2.05) is 48.5 Å². The Hall–Kier alpha value is -2.70. The first-order valence-electron chi connectivity index (χ1n) is 20.7. The molecule has 0 fully saturated rings. The molecule has 0 aliphatic carbocycles. The van der Waals surface area contributed by atoms with Crippen LogP contribution in [0.4, 0.5) is 0 Å². The van der Waals surface area contributed by atoms with E-state index in [0.717, 1.165) is 14.3 Å². The molecule has 0 aliphatic heterocycles. The van der Waals surface area contributed by atoms with Crippen LogP contribution in [0.2, 0.25) is 33.4 Å². The molecule has 0 radical (unpaired) electrons. The number of halogens is 5. The molecule has 0 N–H and O–H groups in total. The number of aromatic nitrogens is 2.